The van der Waals surface area contributed by atoms with Crippen LogP contribution in [0.3, 0.4) is 0 Å². The summed E-state index contributed by atoms with van der Waals surface area (Å²) in [6.07, 6.45) is 5.49. The third-order valence-electron chi connectivity index (χ3n) is 7.63. The second kappa shape index (κ2) is 12.4. The van der Waals surface area contributed by atoms with Gasteiger partial charge in [-0.05, 0) is 37.8 Å². The lowest BCUT2D eigenvalue weighted by Gasteiger charge is -2.36. The molecule has 1 fully saturated rings. The maximum absolute atomic E-state index is 14.9. The smallest absolute Gasteiger partial charge is 0.332 e. The molecule has 0 N–H and O–H groups in total. The molecule has 1 aromatic carbocycles. The van der Waals surface area contributed by atoms with E-state index in [1.165, 1.54) is 23.7 Å². The van der Waals surface area contributed by atoms with Crippen LogP contribution in [0.1, 0.15) is 57.9 Å². The normalized spacial score (nSPS) is 15.7. The first-order chi connectivity index (χ1) is 18.7. The van der Waals surface area contributed by atoms with Crippen molar-refractivity contribution in [2.24, 2.45) is 20.0 Å². The van der Waals surface area contributed by atoms with E-state index in [9.17, 15) is 18.8 Å². The zero-order chi connectivity index (χ0) is 28.3. The molecular weight excluding hydrogens is 523 g/mol. The Labute approximate surface area is 232 Å². The molecule has 1 aliphatic rings. The summed E-state index contributed by atoms with van der Waals surface area (Å²) in [6.45, 7) is 6.73. The summed E-state index contributed by atoms with van der Waals surface area (Å²) < 4.78 is 18.9. The van der Waals surface area contributed by atoms with Crippen LogP contribution in [-0.4, -0.2) is 55.7 Å². The molecule has 0 radical (unpaired) electrons. The second-order valence-electron chi connectivity index (χ2n) is 10.4. The molecule has 39 heavy (non-hydrogen) atoms. The molecule has 4 rings (SSSR count). The van der Waals surface area contributed by atoms with Gasteiger partial charge in [0.2, 0.25) is 11.9 Å². The molecule has 2 aromatic heterocycles. The van der Waals surface area contributed by atoms with Crippen molar-refractivity contribution in [1.82, 2.24) is 23.6 Å². The standard InChI is InChI=1S/C28H38ClFN6O3/c1-5-7-14-34(15-8-6-2)25(37)19-11-10-16-35(17-19)27-31-24-23(26(38)33(4)28(39)32(24)3)36(27)18-20-21(29)12-9-13-22(20)30/h9,12-13,19H,5-8,10-11,14-18H2,1-4H3. The first kappa shape index (κ1) is 28.9. The number of aryl methyl sites for hydroxylation is 1. The van der Waals surface area contributed by atoms with E-state index >= 15 is 0 Å². The van der Waals surface area contributed by atoms with E-state index in [-0.39, 0.29) is 40.1 Å². The molecule has 1 unspecified atom stereocenters. The van der Waals surface area contributed by atoms with Crippen molar-refractivity contribution >= 4 is 34.6 Å². The molecule has 0 aliphatic carbocycles. The van der Waals surface area contributed by atoms with Crippen molar-refractivity contribution in [2.45, 2.75) is 58.9 Å². The van der Waals surface area contributed by atoms with E-state index in [4.69, 9.17) is 16.6 Å². The molecule has 212 valence electrons. The predicted octanol–water partition coefficient (Wildman–Crippen LogP) is 3.92. The number of halogens is 2. The SMILES string of the molecule is CCCCN(CCCC)C(=O)C1CCCN(c2nc3c(c(=O)n(C)c(=O)n3C)n2Cc2c(F)cccc2Cl)C1. The Hall–Kier alpha value is -3.14. The highest BCUT2D eigenvalue weighted by Gasteiger charge is 2.32. The zero-order valence-electron chi connectivity index (χ0n) is 23.3. The number of anilines is 1. The average molecular weight is 561 g/mol. The molecule has 9 nitrogen and oxygen atoms in total. The van der Waals surface area contributed by atoms with Gasteiger partial charge in [0, 0.05) is 50.9 Å². The lowest BCUT2D eigenvalue weighted by Crippen LogP contribution is -2.46. The van der Waals surface area contributed by atoms with Crippen LogP contribution in [0, 0.1) is 11.7 Å². The third-order valence-corrected chi connectivity index (χ3v) is 7.99. The molecule has 3 heterocycles. The molecule has 0 bridgehead atoms. The van der Waals surface area contributed by atoms with Gasteiger partial charge in [0.25, 0.3) is 5.56 Å². The van der Waals surface area contributed by atoms with Gasteiger partial charge in [-0.15, -0.1) is 0 Å². The molecule has 1 saturated heterocycles. The van der Waals surface area contributed by atoms with Crippen molar-refractivity contribution in [3.05, 3.63) is 55.4 Å². The number of amides is 1. The van der Waals surface area contributed by atoms with Gasteiger partial charge >= 0.3 is 5.69 Å². The Morgan fingerprint density at radius 2 is 1.82 bits per heavy atom. The summed E-state index contributed by atoms with van der Waals surface area (Å²) in [4.78, 5) is 48.4. The van der Waals surface area contributed by atoms with E-state index in [0.29, 0.717) is 19.0 Å². The molecule has 0 saturated carbocycles. The lowest BCUT2D eigenvalue weighted by molar-refractivity contribution is -0.136. The molecule has 0 spiro atoms. The Morgan fingerprint density at radius 3 is 2.46 bits per heavy atom. The number of imidazole rings is 1. The van der Waals surface area contributed by atoms with Crippen LogP contribution in [-0.2, 0) is 25.4 Å². The summed E-state index contributed by atoms with van der Waals surface area (Å²) in [5, 5.41) is 0.235. The Morgan fingerprint density at radius 1 is 1.13 bits per heavy atom. The highest BCUT2D eigenvalue weighted by molar-refractivity contribution is 6.31. The number of unbranched alkanes of at least 4 members (excludes halogenated alkanes) is 2. The van der Waals surface area contributed by atoms with Gasteiger partial charge in [-0.1, -0.05) is 44.4 Å². The number of piperidine rings is 1. The largest absolute Gasteiger partial charge is 0.342 e. The molecule has 3 aromatic rings. The highest BCUT2D eigenvalue weighted by atomic mass is 35.5. The summed E-state index contributed by atoms with van der Waals surface area (Å²) in [7, 11) is 2.97. The Bertz CT molecular complexity index is 1430. The monoisotopic (exact) mass is 560 g/mol. The van der Waals surface area contributed by atoms with Crippen molar-refractivity contribution in [2.75, 3.05) is 31.1 Å². The fourth-order valence-electron chi connectivity index (χ4n) is 5.32. The number of nitrogens with zero attached hydrogens (tertiary/aromatic N) is 6. The van der Waals surface area contributed by atoms with E-state index in [2.05, 4.69) is 13.8 Å². The van der Waals surface area contributed by atoms with Crippen molar-refractivity contribution in [3.63, 3.8) is 0 Å². The molecule has 1 aliphatic heterocycles. The number of carbonyl (C=O) groups is 1. The number of aromatic nitrogens is 4. The van der Waals surface area contributed by atoms with Gasteiger partial charge in [0.05, 0.1) is 12.5 Å². The van der Waals surface area contributed by atoms with Crippen molar-refractivity contribution in [1.29, 1.82) is 0 Å². The Balaban J connectivity index is 1.78. The summed E-state index contributed by atoms with van der Waals surface area (Å²) in [6, 6.07) is 4.45. The number of hydrogen-bond donors (Lipinski definition) is 0. The first-order valence-electron chi connectivity index (χ1n) is 13.8. The topological polar surface area (TPSA) is 85.4 Å². The molecular formula is C28H38ClFN6O3. The molecule has 11 heteroatoms. The average Bonchev–Trinajstić information content (AvgIpc) is 3.32. The summed E-state index contributed by atoms with van der Waals surface area (Å²) >= 11 is 6.37. The zero-order valence-corrected chi connectivity index (χ0v) is 24.0. The Kier molecular flexibility index (Phi) is 9.15. The van der Waals surface area contributed by atoms with Gasteiger partial charge in [0.15, 0.2) is 11.2 Å². The van der Waals surface area contributed by atoms with Crippen LogP contribution >= 0.6 is 11.6 Å². The first-order valence-corrected chi connectivity index (χ1v) is 14.2. The van der Waals surface area contributed by atoms with Crippen molar-refractivity contribution in [3.8, 4) is 0 Å². The summed E-state index contributed by atoms with van der Waals surface area (Å²) in [5.74, 6) is -0.144. The number of hydrogen-bond acceptors (Lipinski definition) is 5. The van der Waals surface area contributed by atoms with E-state index in [1.807, 2.05) is 9.80 Å². The highest BCUT2D eigenvalue weighted by Crippen LogP contribution is 2.29. The lowest BCUT2D eigenvalue weighted by atomic mass is 9.96. The number of rotatable bonds is 10. The van der Waals surface area contributed by atoms with E-state index < -0.39 is 17.1 Å². The minimum Gasteiger partial charge on any atom is -0.342 e. The fourth-order valence-corrected chi connectivity index (χ4v) is 5.54. The number of benzene rings is 1. The third kappa shape index (κ3) is 5.76. The fraction of sp³-hybridized carbons (Fsp3) is 0.571. The van der Waals surface area contributed by atoms with Crippen LogP contribution in [0.5, 0.6) is 0 Å². The van der Waals surface area contributed by atoms with Crippen molar-refractivity contribution < 1.29 is 9.18 Å². The van der Waals surface area contributed by atoms with Crippen LogP contribution in [0.25, 0.3) is 11.2 Å². The van der Waals surface area contributed by atoms with Crippen LogP contribution in [0.15, 0.2) is 27.8 Å². The van der Waals surface area contributed by atoms with E-state index in [0.717, 1.165) is 56.2 Å². The van der Waals surface area contributed by atoms with Crippen LogP contribution < -0.4 is 16.1 Å². The van der Waals surface area contributed by atoms with Gasteiger partial charge in [-0.2, -0.15) is 4.98 Å². The minimum atomic E-state index is -0.519. The van der Waals surface area contributed by atoms with Crippen LogP contribution in [0.2, 0.25) is 5.02 Å². The number of carbonyl (C=O) groups excluding carboxylic acids is 1. The quantitative estimate of drug-likeness (QED) is 0.375. The summed E-state index contributed by atoms with van der Waals surface area (Å²) in [5.41, 5.74) is -0.386. The molecule has 1 amide bonds. The molecule has 1 atom stereocenters. The van der Waals surface area contributed by atoms with E-state index in [1.54, 1.807) is 17.7 Å². The van der Waals surface area contributed by atoms with Crippen LogP contribution in [0.4, 0.5) is 10.3 Å². The number of fused-ring (bicyclic) bond motifs is 1. The minimum absolute atomic E-state index is 0.0426. The van der Waals surface area contributed by atoms with Gasteiger partial charge in [-0.3, -0.25) is 23.3 Å². The predicted molar refractivity (Wildman–Crippen MR) is 152 cm³/mol. The van der Waals surface area contributed by atoms with Gasteiger partial charge < -0.3 is 9.80 Å². The maximum Gasteiger partial charge on any atom is 0.332 e. The van der Waals surface area contributed by atoms with Gasteiger partial charge in [0.1, 0.15) is 5.82 Å². The van der Waals surface area contributed by atoms with Gasteiger partial charge in [-0.25, -0.2) is 9.18 Å². The maximum atomic E-state index is 14.9. The second-order valence-corrected chi connectivity index (χ2v) is 10.8.